The lowest BCUT2D eigenvalue weighted by molar-refractivity contribution is -0.0231. The number of nitrogens with zero attached hydrogens (tertiary/aromatic N) is 1. The Labute approximate surface area is 176 Å². The molecule has 2 N–H and O–H groups in total. The predicted molar refractivity (Wildman–Crippen MR) is 112 cm³/mol. The molecule has 2 fully saturated rings. The summed E-state index contributed by atoms with van der Waals surface area (Å²) in [6.07, 6.45) is 1.01. The molecule has 1 aliphatic heterocycles. The summed E-state index contributed by atoms with van der Waals surface area (Å²) in [5.41, 5.74) is 1.24. The largest absolute Gasteiger partial charge is 0.491 e. The molecule has 1 aliphatic carbocycles. The summed E-state index contributed by atoms with van der Waals surface area (Å²) in [6.45, 7) is 3.26. The van der Waals surface area contributed by atoms with E-state index in [-0.39, 0.29) is 12.7 Å². The standard InChI is InChI=1S/C23H28ClNO4/c24-19-2-1-3-21(12-19)29-23-11-18-15-25(14-17(18)10-22(23)27)13-16-4-6-20(7-5-16)28-9-8-26/h1-7,12,17-18,22-23,26-27H,8-11,13-15H2/t17-,18+,22+,23+/m0/s1. The number of aliphatic hydroxyl groups is 2. The van der Waals surface area contributed by atoms with Crippen molar-refractivity contribution in [3.63, 3.8) is 0 Å². The van der Waals surface area contributed by atoms with Crippen LogP contribution < -0.4 is 9.47 Å². The molecule has 2 aliphatic rings. The molecule has 0 bridgehead atoms. The van der Waals surface area contributed by atoms with E-state index in [0.717, 1.165) is 44.0 Å². The van der Waals surface area contributed by atoms with Crippen LogP contribution in [0.4, 0.5) is 0 Å². The Balaban J connectivity index is 1.32. The molecule has 1 saturated heterocycles. The first-order valence-electron chi connectivity index (χ1n) is 10.3. The molecule has 156 valence electrons. The maximum atomic E-state index is 10.6. The van der Waals surface area contributed by atoms with E-state index >= 15 is 0 Å². The van der Waals surface area contributed by atoms with E-state index < -0.39 is 6.10 Å². The second-order valence-electron chi connectivity index (χ2n) is 8.08. The molecule has 0 radical (unpaired) electrons. The van der Waals surface area contributed by atoms with Crippen molar-refractivity contribution in [2.45, 2.75) is 31.6 Å². The zero-order chi connectivity index (χ0) is 20.2. The number of ether oxygens (including phenoxy) is 2. The lowest BCUT2D eigenvalue weighted by Crippen LogP contribution is -2.42. The van der Waals surface area contributed by atoms with Gasteiger partial charge in [0.2, 0.25) is 0 Å². The number of hydrogen-bond donors (Lipinski definition) is 2. The minimum absolute atomic E-state index is 0.0200. The van der Waals surface area contributed by atoms with Crippen molar-refractivity contribution < 1.29 is 19.7 Å². The minimum atomic E-state index is -0.446. The van der Waals surface area contributed by atoms with E-state index in [1.54, 1.807) is 6.07 Å². The van der Waals surface area contributed by atoms with Crippen molar-refractivity contribution >= 4 is 11.6 Å². The lowest BCUT2D eigenvalue weighted by Gasteiger charge is -2.35. The van der Waals surface area contributed by atoms with Crippen LogP contribution in [0.3, 0.4) is 0 Å². The van der Waals surface area contributed by atoms with Crippen LogP contribution in [0.25, 0.3) is 0 Å². The summed E-state index contributed by atoms with van der Waals surface area (Å²) < 4.78 is 11.5. The van der Waals surface area contributed by atoms with Gasteiger partial charge in [-0.15, -0.1) is 0 Å². The summed E-state index contributed by atoms with van der Waals surface area (Å²) >= 11 is 6.05. The number of rotatable bonds is 7. The summed E-state index contributed by atoms with van der Waals surface area (Å²) in [5.74, 6) is 2.55. The van der Waals surface area contributed by atoms with Crippen molar-refractivity contribution in [1.29, 1.82) is 0 Å². The van der Waals surface area contributed by atoms with Gasteiger partial charge in [-0.2, -0.15) is 0 Å². The van der Waals surface area contributed by atoms with E-state index in [1.165, 1.54) is 5.56 Å². The Morgan fingerprint density at radius 3 is 2.48 bits per heavy atom. The molecule has 2 aromatic rings. The highest BCUT2D eigenvalue weighted by Crippen LogP contribution is 2.38. The molecule has 0 spiro atoms. The monoisotopic (exact) mass is 417 g/mol. The molecule has 0 aromatic heterocycles. The topological polar surface area (TPSA) is 62.2 Å². The van der Waals surface area contributed by atoms with E-state index in [1.807, 2.05) is 30.3 Å². The smallest absolute Gasteiger partial charge is 0.125 e. The maximum Gasteiger partial charge on any atom is 0.125 e. The van der Waals surface area contributed by atoms with Crippen molar-refractivity contribution in [2.75, 3.05) is 26.3 Å². The molecule has 5 nitrogen and oxygen atoms in total. The molecule has 2 aromatic carbocycles. The van der Waals surface area contributed by atoms with Gasteiger partial charge >= 0.3 is 0 Å². The molecule has 4 atom stereocenters. The second kappa shape index (κ2) is 9.35. The average molecular weight is 418 g/mol. The normalized spacial score (nSPS) is 26.9. The van der Waals surface area contributed by atoms with E-state index in [4.69, 9.17) is 26.2 Å². The van der Waals surface area contributed by atoms with Gasteiger partial charge in [0.1, 0.15) is 24.2 Å². The minimum Gasteiger partial charge on any atom is -0.491 e. The molecule has 0 amide bonds. The predicted octanol–water partition coefficient (Wildman–Crippen LogP) is 3.36. The van der Waals surface area contributed by atoms with Gasteiger partial charge in [-0.3, -0.25) is 4.90 Å². The SMILES string of the molecule is OCCOc1ccc(CN2C[C@H]3C[C@@H](Oc4cccc(Cl)c4)[C@H](O)C[C@H]3C2)cc1. The first-order chi connectivity index (χ1) is 14.1. The van der Waals surface area contributed by atoms with Gasteiger partial charge in [0.05, 0.1) is 12.7 Å². The van der Waals surface area contributed by atoms with E-state index in [9.17, 15) is 5.11 Å². The van der Waals surface area contributed by atoms with Gasteiger partial charge in [-0.25, -0.2) is 0 Å². The van der Waals surface area contributed by atoms with Crippen molar-refractivity contribution in [2.24, 2.45) is 11.8 Å². The van der Waals surface area contributed by atoms with Gasteiger partial charge < -0.3 is 19.7 Å². The van der Waals surface area contributed by atoms with Crippen LogP contribution in [0.2, 0.25) is 5.02 Å². The Kier molecular flexibility index (Phi) is 6.60. The third-order valence-corrected chi connectivity index (χ3v) is 6.17. The number of aliphatic hydroxyl groups excluding tert-OH is 2. The number of hydrogen-bond acceptors (Lipinski definition) is 5. The highest BCUT2D eigenvalue weighted by molar-refractivity contribution is 6.30. The van der Waals surface area contributed by atoms with Crippen LogP contribution in [-0.4, -0.2) is 53.6 Å². The van der Waals surface area contributed by atoms with Crippen LogP contribution in [0, 0.1) is 11.8 Å². The maximum absolute atomic E-state index is 10.6. The fourth-order valence-corrected chi connectivity index (χ4v) is 4.75. The highest BCUT2D eigenvalue weighted by Gasteiger charge is 2.42. The van der Waals surface area contributed by atoms with Crippen LogP contribution in [0.5, 0.6) is 11.5 Å². The zero-order valence-corrected chi connectivity index (χ0v) is 17.2. The summed E-state index contributed by atoms with van der Waals surface area (Å²) in [7, 11) is 0. The summed E-state index contributed by atoms with van der Waals surface area (Å²) in [5, 5.41) is 20.1. The highest BCUT2D eigenvalue weighted by atomic mass is 35.5. The molecule has 6 heteroatoms. The average Bonchev–Trinajstić information content (AvgIpc) is 3.08. The first-order valence-corrected chi connectivity index (χ1v) is 10.6. The Morgan fingerprint density at radius 1 is 1.00 bits per heavy atom. The Morgan fingerprint density at radius 2 is 1.76 bits per heavy atom. The van der Waals surface area contributed by atoms with Gasteiger partial charge in [0.25, 0.3) is 0 Å². The third-order valence-electron chi connectivity index (χ3n) is 5.93. The molecule has 1 heterocycles. The number of halogens is 1. The summed E-state index contributed by atoms with van der Waals surface area (Å²) in [4.78, 5) is 2.47. The van der Waals surface area contributed by atoms with Crippen LogP contribution in [0.15, 0.2) is 48.5 Å². The van der Waals surface area contributed by atoms with Gasteiger partial charge in [-0.1, -0.05) is 29.8 Å². The Hall–Kier alpha value is -1.79. The second-order valence-corrected chi connectivity index (χ2v) is 8.52. The molecular formula is C23H28ClNO4. The van der Waals surface area contributed by atoms with Crippen molar-refractivity contribution in [3.8, 4) is 11.5 Å². The van der Waals surface area contributed by atoms with Crippen LogP contribution >= 0.6 is 11.6 Å². The third kappa shape index (κ3) is 5.23. The lowest BCUT2D eigenvalue weighted by atomic mass is 9.78. The number of fused-ring (bicyclic) bond motifs is 1. The van der Waals surface area contributed by atoms with E-state index in [2.05, 4.69) is 17.0 Å². The molecule has 0 unspecified atom stereocenters. The zero-order valence-electron chi connectivity index (χ0n) is 16.4. The Bertz CT molecular complexity index is 800. The van der Waals surface area contributed by atoms with Crippen LogP contribution in [-0.2, 0) is 6.54 Å². The van der Waals surface area contributed by atoms with Gasteiger partial charge in [0, 0.05) is 24.7 Å². The first kappa shape index (κ1) is 20.5. The molecule has 29 heavy (non-hydrogen) atoms. The van der Waals surface area contributed by atoms with Gasteiger partial charge in [0.15, 0.2) is 0 Å². The molecule has 4 rings (SSSR count). The quantitative estimate of drug-likeness (QED) is 0.723. The summed E-state index contributed by atoms with van der Waals surface area (Å²) in [6, 6.07) is 15.4. The van der Waals surface area contributed by atoms with Crippen molar-refractivity contribution in [1.82, 2.24) is 4.90 Å². The van der Waals surface area contributed by atoms with Gasteiger partial charge in [-0.05, 0) is 60.6 Å². The number of benzene rings is 2. The van der Waals surface area contributed by atoms with Crippen molar-refractivity contribution in [3.05, 3.63) is 59.1 Å². The van der Waals surface area contributed by atoms with Crippen LogP contribution in [0.1, 0.15) is 18.4 Å². The molecule has 1 saturated carbocycles. The fraction of sp³-hybridized carbons (Fsp3) is 0.478. The van der Waals surface area contributed by atoms with E-state index in [0.29, 0.717) is 23.5 Å². The fourth-order valence-electron chi connectivity index (χ4n) is 4.57. The molecular weight excluding hydrogens is 390 g/mol. The number of likely N-dealkylation sites (tertiary alicyclic amines) is 1.